The van der Waals surface area contributed by atoms with E-state index < -0.39 is 21.8 Å². The van der Waals surface area contributed by atoms with E-state index in [0.717, 1.165) is 35.6 Å². The Balaban J connectivity index is 2.17. The predicted molar refractivity (Wildman–Crippen MR) is 75.3 cm³/mol. The molecule has 0 saturated heterocycles. The largest absolute Gasteiger partial charge is 0.462 e. The molecule has 0 amide bonds. The molecule has 0 saturated carbocycles. The van der Waals surface area contributed by atoms with Crippen molar-refractivity contribution in [3.63, 3.8) is 0 Å². The molecule has 0 radical (unpaired) electrons. The van der Waals surface area contributed by atoms with Gasteiger partial charge in [0.2, 0.25) is 0 Å². The van der Waals surface area contributed by atoms with Gasteiger partial charge in [-0.15, -0.1) is 0 Å². The minimum Gasteiger partial charge on any atom is -0.462 e. The molecule has 0 bridgehead atoms. The van der Waals surface area contributed by atoms with Crippen LogP contribution in [-0.4, -0.2) is 26.0 Å². The lowest BCUT2D eigenvalue weighted by molar-refractivity contribution is 0.0532. The van der Waals surface area contributed by atoms with E-state index in [1.165, 1.54) is 6.20 Å². The zero-order valence-electron chi connectivity index (χ0n) is 10.9. The number of carbonyl (C=O) groups excluding carboxylic acids is 1. The molecule has 1 aromatic carbocycles. The molecule has 9 heteroatoms. The van der Waals surface area contributed by atoms with Crippen LogP contribution in [0.2, 0.25) is 0 Å². The van der Waals surface area contributed by atoms with Gasteiger partial charge >= 0.3 is 5.97 Å². The molecule has 0 fully saturated rings. The summed E-state index contributed by atoms with van der Waals surface area (Å²) in [5.41, 5.74) is 0. The number of nitrogens with one attached hydrogen (secondary N) is 1. The molecule has 21 heavy (non-hydrogen) atoms. The van der Waals surface area contributed by atoms with E-state index in [2.05, 4.69) is 9.71 Å². The van der Waals surface area contributed by atoms with E-state index in [4.69, 9.17) is 4.74 Å². The molecule has 2 aromatic rings. The number of rotatable bonds is 5. The summed E-state index contributed by atoms with van der Waals surface area (Å²) < 4.78 is 43.9. The SMILES string of the molecule is CCOC(=O)c1cnc(NS(=O)(=O)c2ccc(F)cc2)s1. The van der Waals surface area contributed by atoms with Gasteiger partial charge in [-0.05, 0) is 31.2 Å². The van der Waals surface area contributed by atoms with Crippen LogP contribution in [0.5, 0.6) is 0 Å². The maximum atomic E-state index is 12.8. The highest BCUT2D eigenvalue weighted by molar-refractivity contribution is 7.93. The Labute approximate surface area is 124 Å². The van der Waals surface area contributed by atoms with Crippen LogP contribution in [-0.2, 0) is 14.8 Å². The number of sulfonamides is 1. The summed E-state index contributed by atoms with van der Waals surface area (Å²) in [7, 11) is -3.88. The lowest BCUT2D eigenvalue weighted by Gasteiger charge is -2.04. The fraction of sp³-hybridized carbons (Fsp3) is 0.167. The van der Waals surface area contributed by atoms with Gasteiger partial charge < -0.3 is 4.74 Å². The van der Waals surface area contributed by atoms with Crippen LogP contribution >= 0.6 is 11.3 Å². The van der Waals surface area contributed by atoms with E-state index in [0.29, 0.717) is 0 Å². The van der Waals surface area contributed by atoms with E-state index >= 15 is 0 Å². The molecule has 1 aromatic heterocycles. The fourth-order valence-corrected chi connectivity index (χ4v) is 3.36. The van der Waals surface area contributed by atoms with Gasteiger partial charge in [0.15, 0.2) is 5.13 Å². The van der Waals surface area contributed by atoms with Crippen LogP contribution in [0.4, 0.5) is 9.52 Å². The minimum absolute atomic E-state index is 0.0300. The van der Waals surface area contributed by atoms with Crippen LogP contribution in [0, 0.1) is 5.82 Å². The Hall–Kier alpha value is -2.00. The van der Waals surface area contributed by atoms with Gasteiger partial charge in [0.25, 0.3) is 10.0 Å². The minimum atomic E-state index is -3.88. The van der Waals surface area contributed by atoms with E-state index in [-0.39, 0.29) is 21.5 Å². The van der Waals surface area contributed by atoms with Crippen molar-refractivity contribution >= 4 is 32.5 Å². The lowest BCUT2D eigenvalue weighted by atomic mass is 10.4. The monoisotopic (exact) mass is 330 g/mol. The molecule has 0 unspecified atom stereocenters. The van der Waals surface area contributed by atoms with Crippen LogP contribution in [0.15, 0.2) is 35.4 Å². The van der Waals surface area contributed by atoms with Crippen molar-refractivity contribution in [3.8, 4) is 0 Å². The highest BCUT2D eigenvalue weighted by Gasteiger charge is 2.18. The Morgan fingerprint density at radius 3 is 2.67 bits per heavy atom. The van der Waals surface area contributed by atoms with Gasteiger partial charge in [0, 0.05) is 0 Å². The fourth-order valence-electron chi connectivity index (χ4n) is 1.41. The number of aromatic nitrogens is 1. The molecule has 2 rings (SSSR count). The Morgan fingerprint density at radius 2 is 2.05 bits per heavy atom. The number of thiazole rings is 1. The van der Waals surface area contributed by atoms with E-state index in [1.807, 2.05) is 0 Å². The summed E-state index contributed by atoms with van der Waals surface area (Å²) in [6.07, 6.45) is 1.23. The number of hydrogen-bond acceptors (Lipinski definition) is 6. The summed E-state index contributed by atoms with van der Waals surface area (Å²) in [5, 5.41) is 0.0300. The molecular formula is C12H11FN2O4S2. The van der Waals surface area contributed by atoms with Crippen molar-refractivity contribution in [1.82, 2.24) is 4.98 Å². The van der Waals surface area contributed by atoms with Gasteiger partial charge in [0.1, 0.15) is 10.7 Å². The third-order valence-electron chi connectivity index (χ3n) is 2.33. The van der Waals surface area contributed by atoms with Gasteiger partial charge in [-0.3, -0.25) is 4.72 Å². The van der Waals surface area contributed by atoms with Crippen molar-refractivity contribution < 1.29 is 22.3 Å². The standard InChI is InChI=1S/C12H11FN2O4S2/c1-2-19-11(16)10-7-14-12(20-10)15-21(17,18)9-5-3-8(13)4-6-9/h3-7H,2H2,1H3,(H,14,15). The number of nitrogens with zero attached hydrogens (tertiary/aromatic N) is 1. The highest BCUT2D eigenvalue weighted by atomic mass is 32.2. The molecule has 112 valence electrons. The van der Waals surface area contributed by atoms with Crippen molar-refractivity contribution in [1.29, 1.82) is 0 Å². The summed E-state index contributed by atoms with van der Waals surface area (Å²) >= 11 is 0.856. The third kappa shape index (κ3) is 3.76. The number of benzene rings is 1. The normalized spacial score (nSPS) is 11.1. The zero-order chi connectivity index (χ0) is 15.5. The quantitative estimate of drug-likeness (QED) is 0.850. The third-order valence-corrected chi connectivity index (χ3v) is 4.70. The smallest absolute Gasteiger partial charge is 0.350 e. The number of carbonyl (C=O) groups is 1. The van der Waals surface area contributed by atoms with Crippen LogP contribution in [0.3, 0.4) is 0 Å². The number of hydrogen-bond donors (Lipinski definition) is 1. The summed E-state index contributed by atoms with van der Waals surface area (Å²) in [6, 6.07) is 4.36. The zero-order valence-corrected chi connectivity index (χ0v) is 12.5. The number of esters is 1. The first-order valence-corrected chi connectivity index (χ1v) is 8.13. The first-order chi connectivity index (χ1) is 9.92. The van der Waals surface area contributed by atoms with Crippen molar-refractivity contribution in [2.75, 3.05) is 11.3 Å². The molecule has 0 spiro atoms. The first-order valence-electron chi connectivity index (χ1n) is 5.83. The van der Waals surface area contributed by atoms with Crippen molar-refractivity contribution in [3.05, 3.63) is 41.2 Å². The Kier molecular flexibility index (Phi) is 4.53. The van der Waals surface area contributed by atoms with Gasteiger partial charge in [0.05, 0.1) is 17.7 Å². The van der Waals surface area contributed by atoms with Crippen molar-refractivity contribution in [2.45, 2.75) is 11.8 Å². The second-order valence-electron chi connectivity index (χ2n) is 3.81. The molecule has 0 aliphatic heterocycles. The molecule has 6 nitrogen and oxygen atoms in total. The number of halogens is 1. The van der Waals surface area contributed by atoms with Gasteiger partial charge in [-0.2, -0.15) is 0 Å². The Bertz CT molecular complexity index is 741. The maximum absolute atomic E-state index is 12.8. The van der Waals surface area contributed by atoms with Crippen LogP contribution < -0.4 is 4.72 Å². The highest BCUT2D eigenvalue weighted by Crippen LogP contribution is 2.22. The van der Waals surface area contributed by atoms with Crippen LogP contribution in [0.25, 0.3) is 0 Å². The molecular weight excluding hydrogens is 319 g/mol. The van der Waals surface area contributed by atoms with Crippen LogP contribution in [0.1, 0.15) is 16.6 Å². The molecule has 0 aliphatic rings. The molecule has 0 aliphatic carbocycles. The molecule has 0 atom stereocenters. The number of anilines is 1. The van der Waals surface area contributed by atoms with Gasteiger partial charge in [-0.25, -0.2) is 22.6 Å². The second kappa shape index (κ2) is 6.19. The summed E-state index contributed by atoms with van der Waals surface area (Å²) in [4.78, 5) is 15.3. The topological polar surface area (TPSA) is 85.4 Å². The van der Waals surface area contributed by atoms with Gasteiger partial charge in [-0.1, -0.05) is 11.3 Å². The summed E-state index contributed by atoms with van der Waals surface area (Å²) in [6.45, 7) is 1.88. The number of ether oxygens (including phenoxy) is 1. The van der Waals surface area contributed by atoms with E-state index in [9.17, 15) is 17.6 Å². The predicted octanol–water partition coefficient (Wildman–Crippen LogP) is 2.26. The molecule has 1 heterocycles. The lowest BCUT2D eigenvalue weighted by Crippen LogP contribution is -2.12. The van der Waals surface area contributed by atoms with Crippen molar-refractivity contribution in [2.24, 2.45) is 0 Å². The maximum Gasteiger partial charge on any atom is 0.350 e. The van der Waals surface area contributed by atoms with E-state index in [1.54, 1.807) is 6.92 Å². The average molecular weight is 330 g/mol. The second-order valence-corrected chi connectivity index (χ2v) is 6.52. The Morgan fingerprint density at radius 1 is 1.38 bits per heavy atom. The summed E-state index contributed by atoms with van der Waals surface area (Å²) in [5.74, 6) is -1.10. The first kappa shape index (κ1) is 15.4. The molecule has 1 N–H and O–H groups in total. The average Bonchev–Trinajstić information content (AvgIpc) is 2.87.